The lowest BCUT2D eigenvalue weighted by molar-refractivity contribution is 1.13. The Morgan fingerprint density at radius 3 is 2.50 bits per heavy atom. The van der Waals surface area contributed by atoms with Crippen molar-refractivity contribution < 1.29 is 0 Å². The minimum atomic E-state index is 0.320. The number of hydrogen-bond donors (Lipinski definition) is 1. The molecule has 0 fully saturated rings. The van der Waals surface area contributed by atoms with Crippen LogP contribution in [0.1, 0.15) is 5.56 Å². The van der Waals surface area contributed by atoms with Gasteiger partial charge in [-0.2, -0.15) is 0 Å². The van der Waals surface area contributed by atoms with Crippen LogP contribution in [-0.2, 0) is 0 Å². The summed E-state index contributed by atoms with van der Waals surface area (Å²) in [6, 6.07) is 17.0. The Morgan fingerprint density at radius 2 is 1.80 bits per heavy atom. The average Bonchev–Trinajstić information content (AvgIpc) is 2.88. The molecule has 0 saturated heterocycles. The first-order chi connectivity index (χ1) is 9.72. The molecule has 102 valence electrons. The summed E-state index contributed by atoms with van der Waals surface area (Å²) in [6.45, 7) is 0. The van der Waals surface area contributed by atoms with Crippen LogP contribution >= 0.6 is 11.8 Å². The zero-order valence-corrected chi connectivity index (χ0v) is 12.5. The Hall–Kier alpha value is -1.87. The Bertz CT molecular complexity index is 592. The highest BCUT2D eigenvalue weighted by atomic mass is 32.2. The summed E-state index contributed by atoms with van der Waals surface area (Å²) >= 11 is 1.86. The number of rotatable bonds is 3. The molecule has 2 aromatic rings. The summed E-state index contributed by atoms with van der Waals surface area (Å²) in [5, 5.41) is 3.82. The Morgan fingerprint density at radius 1 is 1.05 bits per heavy atom. The van der Waals surface area contributed by atoms with Crippen molar-refractivity contribution in [2.75, 3.05) is 24.3 Å². The second kappa shape index (κ2) is 5.63. The largest absolute Gasteiger partial charge is 0.378 e. The maximum atomic E-state index is 3.50. The molecular weight excluding hydrogens is 264 g/mol. The third-order valence-corrected chi connectivity index (χ3v) is 4.45. The van der Waals surface area contributed by atoms with Gasteiger partial charge in [0.15, 0.2) is 0 Å². The molecule has 0 saturated carbocycles. The van der Waals surface area contributed by atoms with Crippen LogP contribution in [0.3, 0.4) is 0 Å². The van der Waals surface area contributed by atoms with Gasteiger partial charge in [-0.25, -0.2) is 0 Å². The minimum Gasteiger partial charge on any atom is -0.378 e. The average molecular weight is 282 g/mol. The molecule has 0 spiro atoms. The molecule has 0 amide bonds. The molecule has 0 aromatic heterocycles. The van der Waals surface area contributed by atoms with Crippen molar-refractivity contribution in [2.24, 2.45) is 0 Å². The second-order valence-corrected chi connectivity index (χ2v) is 6.21. The maximum absolute atomic E-state index is 3.50. The molecule has 3 heteroatoms. The molecule has 2 aromatic carbocycles. The van der Waals surface area contributed by atoms with E-state index in [0.717, 1.165) is 0 Å². The van der Waals surface area contributed by atoms with Crippen LogP contribution in [0.5, 0.6) is 0 Å². The lowest BCUT2D eigenvalue weighted by Crippen LogP contribution is -2.08. The predicted octanol–water partition coefficient (Wildman–Crippen LogP) is 4.31. The van der Waals surface area contributed by atoms with E-state index in [1.165, 1.54) is 21.8 Å². The summed E-state index contributed by atoms with van der Waals surface area (Å²) in [5.41, 5.74) is 3.69. The molecule has 1 N–H and O–H groups in total. The molecule has 1 aliphatic rings. The zero-order chi connectivity index (χ0) is 13.9. The Balaban J connectivity index is 1.67. The number of para-hydroxylation sites is 1. The number of thioether (sulfide) groups is 1. The van der Waals surface area contributed by atoms with Crippen LogP contribution < -0.4 is 10.2 Å². The molecule has 1 unspecified atom stereocenters. The molecule has 1 atom stereocenters. The molecule has 0 aliphatic carbocycles. The summed E-state index contributed by atoms with van der Waals surface area (Å²) in [6.07, 6.45) is 4.39. The van der Waals surface area contributed by atoms with Gasteiger partial charge in [0.1, 0.15) is 0 Å². The van der Waals surface area contributed by atoms with Crippen molar-refractivity contribution in [1.29, 1.82) is 0 Å². The molecule has 1 heterocycles. The van der Waals surface area contributed by atoms with Crippen LogP contribution in [0.4, 0.5) is 11.4 Å². The van der Waals surface area contributed by atoms with Crippen molar-refractivity contribution in [2.45, 2.75) is 10.3 Å². The minimum absolute atomic E-state index is 0.320. The van der Waals surface area contributed by atoms with Gasteiger partial charge in [-0.1, -0.05) is 48.2 Å². The summed E-state index contributed by atoms with van der Waals surface area (Å²) in [5.74, 6) is 0. The van der Waals surface area contributed by atoms with Crippen molar-refractivity contribution in [1.82, 2.24) is 0 Å². The maximum Gasteiger partial charge on any atom is 0.0960 e. The highest BCUT2D eigenvalue weighted by Crippen LogP contribution is 2.38. The summed E-state index contributed by atoms with van der Waals surface area (Å²) < 4.78 is 0. The third kappa shape index (κ3) is 2.83. The number of nitrogens with zero attached hydrogens (tertiary/aromatic N) is 1. The van der Waals surface area contributed by atoms with Crippen molar-refractivity contribution in [3.63, 3.8) is 0 Å². The number of nitrogens with one attached hydrogen (secondary N) is 1. The number of anilines is 2. The number of hydrogen-bond acceptors (Lipinski definition) is 3. The fraction of sp³-hybridized carbons (Fsp3) is 0.176. The van der Waals surface area contributed by atoms with E-state index in [2.05, 4.69) is 85.0 Å². The number of benzene rings is 2. The first-order valence-electron chi connectivity index (χ1n) is 6.70. The molecule has 0 radical (unpaired) electrons. The Labute approximate surface area is 124 Å². The normalized spacial score (nSPS) is 17.0. The molecule has 1 aliphatic heterocycles. The van der Waals surface area contributed by atoms with Crippen LogP contribution in [-0.4, -0.2) is 19.5 Å². The number of fused-ring (bicyclic) bond motifs is 1. The van der Waals surface area contributed by atoms with E-state index in [0.29, 0.717) is 5.37 Å². The van der Waals surface area contributed by atoms with Crippen molar-refractivity contribution in [3.8, 4) is 0 Å². The molecule has 3 rings (SSSR count). The monoisotopic (exact) mass is 282 g/mol. The predicted molar refractivity (Wildman–Crippen MR) is 89.5 cm³/mol. The SMILES string of the molecule is CN(C)c1ccc(/C=C/C2Nc3ccccc3S2)cc1. The van der Waals surface area contributed by atoms with Crippen LogP contribution in [0.15, 0.2) is 59.5 Å². The quantitative estimate of drug-likeness (QED) is 0.903. The van der Waals surface area contributed by atoms with E-state index >= 15 is 0 Å². The van der Waals surface area contributed by atoms with Gasteiger partial charge in [-0.15, -0.1) is 0 Å². The van der Waals surface area contributed by atoms with Crippen molar-refractivity contribution >= 4 is 29.2 Å². The van der Waals surface area contributed by atoms with Crippen LogP contribution in [0, 0.1) is 0 Å². The standard InChI is InChI=1S/C17H18N2S/c1-19(2)14-10-7-13(8-11-14)9-12-17-18-15-5-3-4-6-16(15)20-17/h3-12,17-18H,1-2H3/b12-9+. The molecule has 2 nitrogen and oxygen atoms in total. The van der Waals surface area contributed by atoms with E-state index in [4.69, 9.17) is 0 Å². The first kappa shape index (κ1) is 13.1. The highest BCUT2D eigenvalue weighted by Gasteiger charge is 2.17. The van der Waals surface area contributed by atoms with Crippen LogP contribution in [0.25, 0.3) is 6.08 Å². The third-order valence-electron chi connectivity index (χ3n) is 3.31. The van der Waals surface area contributed by atoms with Gasteiger partial charge >= 0.3 is 0 Å². The first-order valence-corrected chi connectivity index (χ1v) is 7.58. The van der Waals surface area contributed by atoms with Gasteiger partial charge in [0.25, 0.3) is 0 Å². The van der Waals surface area contributed by atoms with E-state index in [1.54, 1.807) is 0 Å². The van der Waals surface area contributed by atoms with E-state index in [1.807, 2.05) is 11.8 Å². The molecule has 20 heavy (non-hydrogen) atoms. The topological polar surface area (TPSA) is 15.3 Å². The molecular formula is C17H18N2S. The van der Waals surface area contributed by atoms with Gasteiger partial charge < -0.3 is 10.2 Å². The van der Waals surface area contributed by atoms with Crippen LogP contribution in [0.2, 0.25) is 0 Å². The Kier molecular flexibility index (Phi) is 3.70. The van der Waals surface area contributed by atoms with Gasteiger partial charge in [-0.3, -0.25) is 0 Å². The smallest absolute Gasteiger partial charge is 0.0960 e. The summed E-state index contributed by atoms with van der Waals surface area (Å²) in [4.78, 5) is 3.43. The molecule has 0 bridgehead atoms. The van der Waals surface area contributed by atoms with E-state index in [-0.39, 0.29) is 0 Å². The van der Waals surface area contributed by atoms with Gasteiger partial charge in [-0.05, 0) is 29.8 Å². The summed E-state index contributed by atoms with van der Waals surface area (Å²) in [7, 11) is 4.11. The van der Waals surface area contributed by atoms with Crippen molar-refractivity contribution in [3.05, 3.63) is 60.2 Å². The fourth-order valence-corrected chi connectivity index (χ4v) is 3.21. The lowest BCUT2D eigenvalue weighted by Gasteiger charge is -2.12. The fourth-order valence-electron chi connectivity index (χ4n) is 2.18. The van der Waals surface area contributed by atoms with Gasteiger partial charge in [0.2, 0.25) is 0 Å². The van der Waals surface area contributed by atoms with Gasteiger partial charge in [0, 0.05) is 30.4 Å². The highest BCUT2D eigenvalue weighted by molar-refractivity contribution is 8.00. The van der Waals surface area contributed by atoms with E-state index < -0.39 is 0 Å². The second-order valence-electron chi connectivity index (χ2n) is 5.02. The van der Waals surface area contributed by atoms with E-state index in [9.17, 15) is 0 Å². The van der Waals surface area contributed by atoms with Gasteiger partial charge in [0.05, 0.1) is 5.37 Å². The zero-order valence-electron chi connectivity index (χ0n) is 11.7. The lowest BCUT2D eigenvalue weighted by atomic mass is 10.2.